The van der Waals surface area contributed by atoms with Crippen LogP contribution in [0, 0.1) is 0 Å². The summed E-state index contributed by atoms with van der Waals surface area (Å²) in [5, 5.41) is 14.0. The van der Waals surface area contributed by atoms with Gasteiger partial charge in [0.25, 0.3) is 0 Å². The molecule has 0 aliphatic rings. The van der Waals surface area contributed by atoms with E-state index in [2.05, 4.69) is 53.6 Å². The quantitative estimate of drug-likeness (QED) is 0.811. The van der Waals surface area contributed by atoms with Crippen LogP contribution in [0.15, 0.2) is 24.3 Å². The summed E-state index contributed by atoms with van der Waals surface area (Å²) in [5.74, 6) is 0. The molecule has 1 heterocycles. The van der Waals surface area contributed by atoms with Crippen LogP contribution in [0.5, 0.6) is 0 Å². The second kappa shape index (κ2) is 6.61. The monoisotopic (exact) mass is 261 g/mol. The van der Waals surface area contributed by atoms with Crippen LogP contribution >= 0.6 is 11.3 Å². The third kappa shape index (κ3) is 3.15. The molecule has 0 aliphatic carbocycles. The number of hydrogen-bond acceptors (Lipinski definition) is 4. The van der Waals surface area contributed by atoms with E-state index in [1.807, 2.05) is 0 Å². The number of aromatic nitrogens is 2. The second-order valence-electron chi connectivity index (χ2n) is 4.19. The fraction of sp³-hybridized carbons (Fsp3) is 0.429. The van der Waals surface area contributed by atoms with Gasteiger partial charge in [0.15, 0.2) is 0 Å². The lowest BCUT2D eigenvalue weighted by Crippen LogP contribution is -2.13. The van der Waals surface area contributed by atoms with Gasteiger partial charge < -0.3 is 5.32 Å². The Hall–Kier alpha value is -1.26. The molecule has 0 fully saturated rings. The van der Waals surface area contributed by atoms with E-state index in [9.17, 15) is 0 Å². The summed E-state index contributed by atoms with van der Waals surface area (Å²) in [6.07, 6.45) is 2.17. The molecular weight excluding hydrogens is 242 g/mol. The smallest absolute Gasteiger partial charge is 0.148 e. The van der Waals surface area contributed by atoms with Crippen LogP contribution in [0.25, 0.3) is 10.6 Å². The fourth-order valence-corrected chi connectivity index (χ4v) is 2.71. The van der Waals surface area contributed by atoms with Crippen molar-refractivity contribution in [2.45, 2.75) is 33.2 Å². The standard InChI is InChI=1S/C14H19N3S/c1-3-9-15-10-13-16-17-14(18-13)12-8-6-5-7-11(12)4-2/h5-8,15H,3-4,9-10H2,1-2H3. The Balaban J connectivity index is 2.13. The van der Waals surface area contributed by atoms with Gasteiger partial charge in [0.05, 0.1) is 0 Å². The van der Waals surface area contributed by atoms with Gasteiger partial charge in [-0.05, 0) is 24.9 Å². The first-order valence-corrected chi connectivity index (χ1v) is 7.28. The fourth-order valence-electron chi connectivity index (χ4n) is 1.84. The predicted molar refractivity (Wildman–Crippen MR) is 76.7 cm³/mol. The van der Waals surface area contributed by atoms with Crippen molar-refractivity contribution in [2.24, 2.45) is 0 Å². The Bertz CT molecular complexity index is 493. The van der Waals surface area contributed by atoms with Crippen molar-refractivity contribution >= 4 is 11.3 Å². The number of aryl methyl sites for hydroxylation is 1. The van der Waals surface area contributed by atoms with Crippen molar-refractivity contribution in [1.29, 1.82) is 0 Å². The third-order valence-electron chi connectivity index (χ3n) is 2.80. The van der Waals surface area contributed by atoms with E-state index in [1.54, 1.807) is 11.3 Å². The maximum Gasteiger partial charge on any atom is 0.148 e. The highest BCUT2D eigenvalue weighted by Gasteiger charge is 2.09. The molecule has 0 unspecified atom stereocenters. The van der Waals surface area contributed by atoms with Gasteiger partial charge in [-0.3, -0.25) is 0 Å². The number of nitrogens with one attached hydrogen (secondary N) is 1. The van der Waals surface area contributed by atoms with Gasteiger partial charge in [-0.25, -0.2) is 0 Å². The lowest BCUT2D eigenvalue weighted by atomic mass is 10.1. The highest BCUT2D eigenvalue weighted by atomic mass is 32.1. The summed E-state index contributed by atoms with van der Waals surface area (Å²) in [6, 6.07) is 8.42. The number of rotatable bonds is 6. The van der Waals surface area contributed by atoms with Gasteiger partial charge in [0.2, 0.25) is 0 Å². The first-order chi connectivity index (χ1) is 8.85. The molecule has 1 N–H and O–H groups in total. The topological polar surface area (TPSA) is 37.8 Å². The zero-order valence-corrected chi connectivity index (χ0v) is 11.8. The lowest BCUT2D eigenvalue weighted by molar-refractivity contribution is 0.668. The molecule has 0 radical (unpaired) electrons. The van der Waals surface area contributed by atoms with E-state index in [1.165, 1.54) is 11.1 Å². The molecule has 1 aromatic carbocycles. The van der Waals surface area contributed by atoms with Crippen molar-refractivity contribution in [3.05, 3.63) is 34.8 Å². The predicted octanol–water partition coefficient (Wildman–Crippen LogP) is 3.27. The molecule has 0 spiro atoms. The molecule has 96 valence electrons. The average Bonchev–Trinajstić information content (AvgIpc) is 2.88. The molecule has 2 aromatic rings. The van der Waals surface area contributed by atoms with Crippen molar-refractivity contribution < 1.29 is 0 Å². The van der Waals surface area contributed by atoms with Gasteiger partial charge in [-0.1, -0.05) is 49.4 Å². The normalized spacial score (nSPS) is 10.8. The zero-order valence-electron chi connectivity index (χ0n) is 10.9. The van der Waals surface area contributed by atoms with Crippen LogP contribution in [0.1, 0.15) is 30.8 Å². The minimum atomic E-state index is 0.819. The van der Waals surface area contributed by atoms with Crippen molar-refractivity contribution in [3.63, 3.8) is 0 Å². The first-order valence-electron chi connectivity index (χ1n) is 6.46. The van der Waals surface area contributed by atoms with Crippen LogP contribution < -0.4 is 5.32 Å². The summed E-state index contributed by atoms with van der Waals surface area (Å²) in [4.78, 5) is 0. The SMILES string of the molecule is CCCNCc1nnc(-c2ccccc2CC)s1. The molecule has 0 amide bonds. The van der Waals surface area contributed by atoms with Gasteiger partial charge in [-0.2, -0.15) is 0 Å². The minimum Gasteiger partial charge on any atom is -0.310 e. The molecule has 0 bridgehead atoms. The highest BCUT2D eigenvalue weighted by Crippen LogP contribution is 2.27. The Kier molecular flexibility index (Phi) is 4.84. The minimum absolute atomic E-state index is 0.819. The largest absolute Gasteiger partial charge is 0.310 e. The molecule has 0 aliphatic heterocycles. The van der Waals surface area contributed by atoms with Crippen molar-refractivity contribution in [3.8, 4) is 10.6 Å². The summed E-state index contributed by atoms with van der Waals surface area (Å²) < 4.78 is 0. The van der Waals surface area contributed by atoms with Gasteiger partial charge in [0, 0.05) is 12.1 Å². The molecule has 2 rings (SSSR count). The molecule has 0 atom stereocenters. The average molecular weight is 261 g/mol. The summed E-state index contributed by atoms with van der Waals surface area (Å²) in [5.41, 5.74) is 2.56. The molecular formula is C14H19N3S. The van der Waals surface area contributed by atoms with Crippen LogP contribution in [-0.2, 0) is 13.0 Å². The Morgan fingerprint density at radius 3 is 2.78 bits per heavy atom. The van der Waals surface area contributed by atoms with E-state index in [-0.39, 0.29) is 0 Å². The Morgan fingerprint density at radius 2 is 2.00 bits per heavy atom. The zero-order chi connectivity index (χ0) is 12.8. The van der Waals surface area contributed by atoms with E-state index in [0.29, 0.717) is 0 Å². The third-order valence-corrected chi connectivity index (χ3v) is 3.76. The van der Waals surface area contributed by atoms with E-state index in [0.717, 1.165) is 35.9 Å². The summed E-state index contributed by atoms with van der Waals surface area (Å²) in [6.45, 7) is 6.18. The van der Waals surface area contributed by atoms with Gasteiger partial charge in [0.1, 0.15) is 10.0 Å². The van der Waals surface area contributed by atoms with E-state index in [4.69, 9.17) is 0 Å². The Labute approximate surface area is 112 Å². The molecule has 0 saturated carbocycles. The lowest BCUT2D eigenvalue weighted by Gasteiger charge is -2.02. The van der Waals surface area contributed by atoms with Crippen molar-refractivity contribution in [1.82, 2.24) is 15.5 Å². The van der Waals surface area contributed by atoms with Crippen molar-refractivity contribution in [2.75, 3.05) is 6.54 Å². The Morgan fingerprint density at radius 1 is 1.17 bits per heavy atom. The molecule has 3 nitrogen and oxygen atoms in total. The van der Waals surface area contributed by atoms with Crippen LogP contribution in [-0.4, -0.2) is 16.7 Å². The van der Waals surface area contributed by atoms with Crippen LogP contribution in [0.2, 0.25) is 0 Å². The maximum atomic E-state index is 4.30. The van der Waals surface area contributed by atoms with E-state index < -0.39 is 0 Å². The summed E-state index contributed by atoms with van der Waals surface area (Å²) in [7, 11) is 0. The summed E-state index contributed by atoms with van der Waals surface area (Å²) >= 11 is 1.68. The maximum absolute atomic E-state index is 4.30. The van der Waals surface area contributed by atoms with Gasteiger partial charge >= 0.3 is 0 Å². The first kappa shape index (κ1) is 13.2. The molecule has 0 saturated heterocycles. The highest BCUT2D eigenvalue weighted by molar-refractivity contribution is 7.14. The van der Waals surface area contributed by atoms with Gasteiger partial charge in [-0.15, -0.1) is 10.2 Å². The van der Waals surface area contributed by atoms with E-state index >= 15 is 0 Å². The van der Waals surface area contributed by atoms with Crippen LogP contribution in [0.3, 0.4) is 0 Å². The molecule has 4 heteroatoms. The number of nitrogens with zero attached hydrogens (tertiary/aromatic N) is 2. The second-order valence-corrected chi connectivity index (χ2v) is 5.25. The number of hydrogen-bond donors (Lipinski definition) is 1. The molecule has 18 heavy (non-hydrogen) atoms. The number of benzene rings is 1. The molecule has 1 aromatic heterocycles. The van der Waals surface area contributed by atoms with Crippen LogP contribution in [0.4, 0.5) is 0 Å².